The van der Waals surface area contributed by atoms with E-state index in [-0.39, 0.29) is 0 Å². The maximum atomic E-state index is 10.7. The summed E-state index contributed by atoms with van der Waals surface area (Å²) in [5, 5.41) is 18.1. The lowest BCUT2D eigenvalue weighted by molar-refractivity contribution is -0.177. The molecule has 4 nitrogen and oxygen atoms in total. The van der Waals surface area contributed by atoms with Gasteiger partial charge in [0.15, 0.2) is 12.4 Å². The summed E-state index contributed by atoms with van der Waals surface area (Å²) in [5.74, 6) is -0.992. The summed E-state index contributed by atoms with van der Waals surface area (Å²) in [6.45, 7) is 3.90. The Hall–Kier alpha value is -0.610. The summed E-state index contributed by atoms with van der Waals surface area (Å²) in [6.07, 6.45) is 1.64. The number of hydrogen-bond donors (Lipinski definition) is 2. The maximum Gasteiger partial charge on any atom is 0.332 e. The molecule has 84 valence electrons. The van der Waals surface area contributed by atoms with Gasteiger partial charge in [0, 0.05) is 0 Å². The van der Waals surface area contributed by atoms with Crippen molar-refractivity contribution in [1.29, 1.82) is 0 Å². The summed E-state index contributed by atoms with van der Waals surface area (Å²) in [6, 6.07) is 0. The van der Waals surface area contributed by atoms with Crippen LogP contribution >= 0.6 is 0 Å². The SMILES string of the molecule is CCCCC(OC(O)CCC)C(=O)O. The number of rotatable bonds is 8. The third-order valence-corrected chi connectivity index (χ3v) is 1.95. The predicted octanol–water partition coefficient (Wildman–Crippen LogP) is 1.76. The summed E-state index contributed by atoms with van der Waals surface area (Å²) in [4.78, 5) is 10.7. The molecule has 2 unspecified atom stereocenters. The van der Waals surface area contributed by atoms with E-state index in [1.54, 1.807) is 0 Å². The molecule has 0 aliphatic heterocycles. The number of aliphatic hydroxyl groups excluding tert-OH is 1. The first-order valence-electron chi connectivity index (χ1n) is 5.18. The van der Waals surface area contributed by atoms with Crippen molar-refractivity contribution in [3.63, 3.8) is 0 Å². The van der Waals surface area contributed by atoms with Gasteiger partial charge in [0.05, 0.1) is 0 Å². The standard InChI is InChI=1S/C10H20O4/c1-3-5-7-8(10(12)13)14-9(11)6-4-2/h8-9,11H,3-7H2,1-2H3,(H,12,13). The van der Waals surface area contributed by atoms with Crippen molar-refractivity contribution in [1.82, 2.24) is 0 Å². The van der Waals surface area contributed by atoms with Gasteiger partial charge in [-0.25, -0.2) is 4.79 Å². The zero-order chi connectivity index (χ0) is 11.0. The zero-order valence-corrected chi connectivity index (χ0v) is 8.90. The Kier molecular flexibility index (Phi) is 7.42. The predicted molar refractivity (Wildman–Crippen MR) is 52.9 cm³/mol. The first-order chi connectivity index (χ1) is 6.61. The van der Waals surface area contributed by atoms with E-state index >= 15 is 0 Å². The first kappa shape index (κ1) is 13.4. The second-order valence-corrected chi connectivity index (χ2v) is 3.35. The van der Waals surface area contributed by atoms with Gasteiger partial charge in [-0.3, -0.25) is 0 Å². The van der Waals surface area contributed by atoms with Crippen molar-refractivity contribution in [3.8, 4) is 0 Å². The second kappa shape index (κ2) is 7.76. The minimum absolute atomic E-state index is 0.465. The molecular weight excluding hydrogens is 184 g/mol. The van der Waals surface area contributed by atoms with Crippen LogP contribution < -0.4 is 0 Å². The molecule has 14 heavy (non-hydrogen) atoms. The van der Waals surface area contributed by atoms with Crippen molar-refractivity contribution in [2.24, 2.45) is 0 Å². The highest BCUT2D eigenvalue weighted by molar-refractivity contribution is 5.72. The number of aliphatic carboxylic acids is 1. The Morgan fingerprint density at radius 1 is 1.29 bits per heavy atom. The number of carboxylic acids is 1. The Morgan fingerprint density at radius 2 is 1.93 bits per heavy atom. The van der Waals surface area contributed by atoms with Crippen LogP contribution in [-0.2, 0) is 9.53 Å². The van der Waals surface area contributed by atoms with E-state index in [9.17, 15) is 9.90 Å². The molecule has 0 bridgehead atoms. The van der Waals surface area contributed by atoms with Crippen LogP contribution in [-0.4, -0.2) is 28.6 Å². The third-order valence-electron chi connectivity index (χ3n) is 1.95. The molecule has 0 aliphatic carbocycles. The molecule has 0 radical (unpaired) electrons. The highest BCUT2D eigenvalue weighted by atomic mass is 16.6. The van der Waals surface area contributed by atoms with Crippen LogP contribution in [0.15, 0.2) is 0 Å². The zero-order valence-electron chi connectivity index (χ0n) is 8.90. The van der Waals surface area contributed by atoms with Crippen LogP contribution in [0.1, 0.15) is 46.0 Å². The van der Waals surface area contributed by atoms with Gasteiger partial charge >= 0.3 is 5.97 Å². The quantitative estimate of drug-likeness (QED) is 0.591. The molecule has 0 rings (SSSR count). The molecule has 4 heteroatoms. The van der Waals surface area contributed by atoms with Gasteiger partial charge in [-0.15, -0.1) is 0 Å². The number of carboxylic acid groups (broad SMARTS) is 1. The maximum absolute atomic E-state index is 10.7. The van der Waals surface area contributed by atoms with E-state index in [2.05, 4.69) is 0 Å². The molecule has 0 heterocycles. The molecule has 0 saturated carbocycles. The number of unbranched alkanes of at least 4 members (excludes halogenated alkanes) is 1. The van der Waals surface area contributed by atoms with Crippen molar-refractivity contribution >= 4 is 5.97 Å². The van der Waals surface area contributed by atoms with E-state index < -0.39 is 18.4 Å². The van der Waals surface area contributed by atoms with Crippen LogP contribution in [0, 0.1) is 0 Å². The Labute approximate surface area is 84.9 Å². The molecule has 0 fully saturated rings. The molecule has 2 atom stereocenters. The first-order valence-corrected chi connectivity index (χ1v) is 5.18. The van der Waals surface area contributed by atoms with Crippen LogP contribution in [0.25, 0.3) is 0 Å². The molecular formula is C10H20O4. The van der Waals surface area contributed by atoms with Gasteiger partial charge in [0.25, 0.3) is 0 Å². The van der Waals surface area contributed by atoms with Crippen LogP contribution in [0.4, 0.5) is 0 Å². The minimum atomic E-state index is -0.992. The summed E-state index contributed by atoms with van der Waals surface area (Å²) in [5.41, 5.74) is 0. The van der Waals surface area contributed by atoms with Crippen molar-refractivity contribution in [2.45, 2.75) is 58.3 Å². The average Bonchev–Trinajstić information content (AvgIpc) is 2.12. The van der Waals surface area contributed by atoms with Crippen LogP contribution in [0.3, 0.4) is 0 Å². The molecule has 0 spiro atoms. The van der Waals surface area contributed by atoms with Crippen LogP contribution in [0.2, 0.25) is 0 Å². The Balaban J connectivity index is 3.89. The number of hydrogen-bond acceptors (Lipinski definition) is 3. The highest BCUT2D eigenvalue weighted by Gasteiger charge is 2.20. The van der Waals surface area contributed by atoms with E-state index in [0.717, 1.165) is 19.3 Å². The highest BCUT2D eigenvalue weighted by Crippen LogP contribution is 2.09. The second-order valence-electron chi connectivity index (χ2n) is 3.35. The fourth-order valence-electron chi connectivity index (χ4n) is 1.14. The van der Waals surface area contributed by atoms with Gasteiger partial charge in [0.1, 0.15) is 0 Å². The number of carbonyl (C=O) groups is 1. The lowest BCUT2D eigenvalue weighted by atomic mass is 10.1. The molecule has 0 aromatic carbocycles. The normalized spacial score (nSPS) is 15.1. The van der Waals surface area contributed by atoms with Gasteiger partial charge < -0.3 is 14.9 Å². The molecule has 0 aromatic rings. The third kappa shape index (κ3) is 5.94. The van der Waals surface area contributed by atoms with Crippen LogP contribution in [0.5, 0.6) is 0 Å². The molecule has 0 amide bonds. The smallest absolute Gasteiger partial charge is 0.332 e. The number of aliphatic hydroxyl groups is 1. The van der Waals surface area contributed by atoms with Gasteiger partial charge in [-0.2, -0.15) is 0 Å². The van der Waals surface area contributed by atoms with Crippen molar-refractivity contribution in [3.05, 3.63) is 0 Å². The molecule has 0 saturated heterocycles. The van der Waals surface area contributed by atoms with E-state index in [1.165, 1.54) is 0 Å². The van der Waals surface area contributed by atoms with Crippen molar-refractivity contribution in [2.75, 3.05) is 0 Å². The molecule has 0 aromatic heterocycles. The largest absolute Gasteiger partial charge is 0.479 e. The molecule has 0 aliphatic rings. The van der Waals surface area contributed by atoms with Crippen molar-refractivity contribution < 1.29 is 19.7 Å². The Morgan fingerprint density at radius 3 is 2.36 bits per heavy atom. The Bertz CT molecular complexity index is 158. The van der Waals surface area contributed by atoms with E-state index in [4.69, 9.17) is 9.84 Å². The average molecular weight is 204 g/mol. The van der Waals surface area contributed by atoms with Gasteiger partial charge in [-0.05, 0) is 12.8 Å². The number of ether oxygens (including phenoxy) is 1. The fraction of sp³-hybridized carbons (Fsp3) is 0.900. The molecule has 2 N–H and O–H groups in total. The lowest BCUT2D eigenvalue weighted by Crippen LogP contribution is -2.29. The monoisotopic (exact) mass is 204 g/mol. The fourth-order valence-corrected chi connectivity index (χ4v) is 1.14. The van der Waals surface area contributed by atoms with E-state index in [1.807, 2.05) is 13.8 Å². The van der Waals surface area contributed by atoms with E-state index in [0.29, 0.717) is 12.8 Å². The van der Waals surface area contributed by atoms with Gasteiger partial charge in [-0.1, -0.05) is 33.1 Å². The van der Waals surface area contributed by atoms with Gasteiger partial charge in [0.2, 0.25) is 0 Å². The lowest BCUT2D eigenvalue weighted by Gasteiger charge is -2.17. The summed E-state index contributed by atoms with van der Waals surface area (Å²) < 4.78 is 5.01. The topological polar surface area (TPSA) is 66.8 Å². The summed E-state index contributed by atoms with van der Waals surface area (Å²) in [7, 11) is 0. The minimum Gasteiger partial charge on any atom is -0.479 e. The summed E-state index contributed by atoms with van der Waals surface area (Å²) >= 11 is 0.